The van der Waals surface area contributed by atoms with E-state index in [1.165, 1.54) is 53.4 Å². The summed E-state index contributed by atoms with van der Waals surface area (Å²) in [6.07, 6.45) is 2.04. The van der Waals surface area contributed by atoms with E-state index in [-0.39, 0.29) is 11.6 Å². The minimum Gasteiger partial charge on any atom is -0.321 e. The molecular formula is C29H26FN5O3S2. The zero-order valence-corrected chi connectivity index (χ0v) is 23.3. The molecule has 0 saturated carbocycles. The highest BCUT2D eigenvalue weighted by Gasteiger charge is 2.20. The SMILES string of the molecule is CCC(Sc1cccc(NC(=O)/C(=C/c2ccc(F)cc2)NC(=O)c2ccccc2)c1)C(=O)Nc1nnc(C)s1. The molecule has 0 aliphatic rings. The summed E-state index contributed by atoms with van der Waals surface area (Å²) in [6.45, 7) is 3.72. The summed E-state index contributed by atoms with van der Waals surface area (Å²) in [7, 11) is 0. The van der Waals surface area contributed by atoms with Crippen molar-refractivity contribution in [2.75, 3.05) is 10.6 Å². The minimum absolute atomic E-state index is 0.0170. The van der Waals surface area contributed by atoms with E-state index in [4.69, 9.17) is 0 Å². The van der Waals surface area contributed by atoms with Crippen molar-refractivity contribution >= 4 is 57.7 Å². The number of amides is 3. The first-order chi connectivity index (χ1) is 19.3. The summed E-state index contributed by atoms with van der Waals surface area (Å²) in [5.74, 6) is -1.63. The van der Waals surface area contributed by atoms with Crippen LogP contribution in [0.3, 0.4) is 0 Å². The van der Waals surface area contributed by atoms with E-state index in [9.17, 15) is 18.8 Å². The van der Waals surface area contributed by atoms with Crippen LogP contribution >= 0.6 is 23.1 Å². The standard InChI is InChI=1S/C29H26FN5O3S2/c1-3-25(28(38)33-29-35-34-18(2)39-29)40-23-11-7-10-22(17-23)31-27(37)24(16-19-12-14-21(30)15-13-19)32-26(36)20-8-5-4-6-9-20/h4-17,25H,3H2,1-2H3,(H,31,37)(H,32,36)(H,33,35,38)/b24-16-. The second-order valence-electron chi connectivity index (χ2n) is 8.54. The van der Waals surface area contributed by atoms with Crippen LogP contribution in [0.4, 0.5) is 15.2 Å². The van der Waals surface area contributed by atoms with Crippen molar-refractivity contribution in [1.82, 2.24) is 15.5 Å². The number of hydrogen-bond donors (Lipinski definition) is 3. The van der Waals surface area contributed by atoms with Crippen molar-refractivity contribution in [2.24, 2.45) is 0 Å². The fourth-order valence-corrected chi connectivity index (χ4v) is 5.14. The smallest absolute Gasteiger partial charge is 0.272 e. The number of aryl methyl sites for hydroxylation is 1. The Hall–Kier alpha value is -4.35. The molecule has 11 heteroatoms. The molecule has 4 rings (SSSR count). The van der Waals surface area contributed by atoms with Crippen LogP contribution in [0.25, 0.3) is 6.08 Å². The second kappa shape index (κ2) is 13.6. The number of carbonyl (C=O) groups is 3. The van der Waals surface area contributed by atoms with Gasteiger partial charge in [0.25, 0.3) is 11.8 Å². The zero-order valence-electron chi connectivity index (χ0n) is 21.7. The van der Waals surface area contributed by atoms with Crippen molar-refractivity contribution < 1.29 is 18.8 Å². The highest BCUT2D eigenvalue weighted by Crippen LogP contribution is 2.29. The molecule has 0 bridgehead atoms. The number of anilines is 2. The molecule has 1 aromatic heterocycles. The number of nitrogens with one attached hydrogen (secondary N) is 3. The predicted octanol–water partition coefficient (Wildman–Crippen LogP) is 5.90. The fraction of sp³-hybridized carbons (Fsp3) is 0.138. The van der Waals surface area contributed by atoms with Gasteiger partial charge in [0.05, 0.1) is 5.25 Å². The molecule has 0 saturated heterocycles. The number of nitrogens with zero attached hydrogens (tertiary/aromatic N) is 2. The summed E-state index contributed by atoms with van der Waals surface area (Å²) >= 11 is 2.66. The Morgan fingerprint density at radius 1 is 0.975 bits per heavy atom. The third-order valence-electron chi connectivity index (χ3n) is 5.50. The van der Waals surface area contributed by atoms with Crippen LogP contribution in [0, 0.1) is 12.7 Å². The van der Waals surface area contributed by atoms with E-state index >= 15 is 0 Å². The molecular weight excluding hydrogens is 549 g/mol. The van der Waals surface area contributed by atoms with E-state index in [1.54, 1.807) is 48.5 Å². The number of thioether (sulfide) groups is 1. The lowest BCUT2D eigenvalue weighted by Crippen LogP contribution is -2.30. The lowest BCUT2D eigenvalue weighted by Gasteiger charge is -2.15. The number of halogens is 1. The Balaban J connectivity index is 1.49. The molecule has 3 aromatic carbocycles. The Morgan fingerprint density at radius 3 is 2.40 bits per heavy atom. The van der Waals surface area contributed by atoms with E-state index in [0.717, 1.165) is 9.90 Å². The average Bonchev–Trinajstić information content (AvgIpc) is 3.37. The van der Waals surface area contributed by atoms with Crippen LogP contribution in [-0.2, 0) is 9.59 Å². The van der Waals surface area contributed by atoms with Gasteiger partial charge < -0.3 is 10.6 Å². The first-order valence-corrected chi connectivity index (χ1v) is 14.0. The van der Waals surface area contributed by atoms with Gasteiger partial charge in [-0.1, -0.05) is 54.7 Å². The Bertz CT molecular complexity index is 1520. The van der Waals surface area contributed by atoms with Crippen LogP contribution in [-0.4, -0.2) is 33.2 Å². The summed E-state index contributed by atoms with van der Waals surface area (Å²) < 4.78 is 13.4. The summed E-state index contributed by atoms with van der Waals surface area (Å²) in [6, 6.07) is 21.1. The molecule has 1 heterocycles. The maximum atomic E-state index is 13.4. The third-order valence-corrected chi connectivity index (χ3v) is 7.61. The quantitative estimate of drug-likeness (QED) is 0.160. The first-order valence-electron chi connectivity index (χ1n) is 12.3. The second-order valence-corrected chi connectivity index (χ2v) is 11.0. The maximum Gasteiger partial charge on any atom is 0.272 e. The van der Waals surface area contributed by atoms with Gasteiger partial charge in [0.1, 0.15) is 16.5 Å². The number of benzene rings is 3. The molecule has 8 nitrogen and oxygen atoms in total. The van der Waals surface area contributed by atoms with Crippen molar-refractivity contribution in [3.8, 4) is 0 Å². The molecule has 0 fully saturated rings. The fourth-order valence-electron chi connectivity index (χ4n) is 3.53. The molecule has 3 amide bonds. The topological polar surface area (TPSA) is 113 Å². The van der Waals surface area contributed by atoms with Crippen molar-refractivity contribution in [3.63, 3.8) is 0 Å². The Labute approximate surface area is 239 Å². The normalized spacial score (nSPS) is 11.9. The maximum absolute atomic E-state index is 13.4. The number of rotatable bonds is 10. The van der Waals surface area contributed by atoms with Crippen molar-refractivity contribution in [3.05, 3.63) is 107 Å². The van der Waals surface area contributed by atoms with E-state index < -0.39 is 22.9 Å². The van der Waals surface area contributed by atoms with Gasteiger partial charge >= 0.3 is 0 Å². The molecule has 3 N–H and O–H groups in total. The molecule has 1 unspecified atom stereocenters. The van der Waals surface area contributed by atoms with Gasteiger partial charge in [-0.15, -0.1) is 22.0 Å². The first kappa shape index (κ1) is 28.7. The van der Waals surface area contributed by atoms with Crippen LogP contribution in [0.2, 0.25) is 0 Å². The van der Waals surface area contributed by atoms with Crippen LogP contribution in [0.15, 0.2) is 89.5 Å². The molecule has 1 atom stereocenters. The van der Waals surface area contributed by atoms with Gasteiger partial charge in [0.15, 0.2) is 0 Å². The van der Waals surface area contributed by atoms with Crippen molar-refractivity contribution in [1.29, 1.82) is 0 Å². The number of aromatic nitrogens is 2. The molecule has 0 spiro atoms. The summed E-state index contributed by atoms with van der Waals surface area (Å²) in [5.41, 5.74) is 1.37. The van der Waals surface area contributed by atoms with Gasteiger partial charge in [0, 0.05) is 16.1 Å². The van der Waals surface area contributed by atoms with Crippen LogP contribution in [0.5, 0.6) is 0 Å². The molecule has 0 aliphatic heterocycles. The Kier molecular flexibility index (Phi) is 9.76. The van der Waals surface area contributed by atoms with Gasteiger partial charge in [-0.25, -0.2) is 4.39 Å². The number of hydrogen-bond acceptors (Lipinski definition) is 7. The highest BCUT2D eigenvalue weighted by molar-refractivity contribution is 8.00. The molecule has 204 valence electrons. The van der Waals surface area contributed by atoms with Gasteiger partial charge in [-0.3, -0.25) is 19.7 Å². The van der Waals surface area contributed by atoms with Crippen LogP contribution < -0.4 is 16.0 Å². The highest BCUT2D eigenvalue weighted by atomic mass is 32.2. The average molecular weight is 576 g/mol. The van der Waals surface area contributed by atoms with E-state index in [1.807, 2.05) is 19.9 Å². The third kappa shape index (κ3) is 8.08. The summed E-state index contributed by atoms with van der Waals surface area (Å²) in [4.78, 5) is 39.7. The molecule has 40 heavy (non-hydrogen) atoms. The molecule has 4 aromatic rings. The predicted molar refractivity (Wildman–Crippen MR) is 157 cm³/mol. The van der Waals surface area contributed by atoms with Gasteiger partial charge in [0.2, 0.25) is 11.0 Å². The Morgan fingerprint density at radius 2 is 1.73 bits per heavy atom. The van der Waals surface area contributed by atoms with Gasteiger partial charge in [-0.05, 0) is 67.4 Å². The number of carbonyl (C=O) groups excluding carboxylic acids is 3. The van der Waals surface area contributed by atoms with Crippen molar-refractivity contribution in [2.45, 2.75) is 30.4 Å². The lowest BCUT2D eigenvalue weighted by molar-refractivity contribution is -0.116. The van der Waals surface area contributed by atoms with E-state index in [0.29, 0.717) is 28.4 Å². The van der Waals surface area contributed by atoms with Gasteiger partial charge in [-0.2, -0.15) is 0 Å². The summed E-state index contributed by atoms with van der Waals surface area (Å²) in [5, 5.41) is 16.9. The molecule has 0 aliphatic carbocycles. The lowest BCUT2D eigenvalue weighted by atomic mass is 10.1. The zero-order chi connectivity index (χ0) is 28.5. The minimum atomic E-state index is -0.563. The largest absolute Gasteiger partial charge is 0.321 e. The molecule has 0 radical (unpaired) electrons. The monoisotopic (exact) mass is 575 g/mol. The van der Waals surface area contributed by atoms with Crippen LogP contribution in [0.1, 0.15) is 34.3 Å². The van der Waals surface area contributed by atoms with E-state index in [2.05, 4.69) is 26.1 Å².